The minimum atomic E-state index is -1.16. The number of hydrogen-bond donors (Lipinski definition) is 2. The van der Waals surface area contributed by atoms with Crippen molar-refractivity contribution in [3.63, 3.8) is 0 Å². The highest BCUT2D eigenvalue weighted by Crippen LogP contribution is 2.25. The summed E-state index contributed by atoms with van der Waals surface area (Å²) in [6, 6.07) is 14.0. The standard InChI is InChI=1S/C21H16F3NO3/c22-16-3-1-2-13(9-16)14-4-6-18(23)15(8-14)11-25-20-10-17(5-7-19(20)24)28-12-21(26)27/h1-10,25H,11-12H2,(H,26,27). The number of carboxylic acid groups (broad SMARTS) is 1. The van der Waals surface area contributed by atoms with Crippen LogP contribution in [0.4, 0.5) is 18.9 Å². The molecule has 0 aliphatic carbocycles. The van der Waals surface area contributed by atoms with Gasteiger partial charge in [-0.15, -0.1) is 0 Å². The van der Waals surface area contributed by atoms with Gasteiger partial charge in [0, 0.05) is 18.2 Å². The first kappa shape index (κ1) is 19.3. The van der Waals surface area contributed by atoms with Gasteiger partial charge in [0.05, 0.1) is 5.69 Å². The van der Waals surface area contributed by atoms with E-state index < -0.39 is 30.0 Å². The highest BCUT2D eigenvalue weighted by molar-refractivity contribution is 5.68. The molecular weight excluding hydrogens is 371 g/mol. The fraction of sp³-hybridized carbons (Fsp3) is 0.0952. The van der Waals surface area contributed by atoms with Gasteiger partial charge in [0.2, 0.25) is 0 Å². The Morgan fingerprint density at radius 1 is 0.929 bits per heavy atom. The van der Waals surface area contributed by atoms with Gasteiger partial charge in [-0.25, -0.2) is 18.0 Å². The van der Waals surface area contributed by atoms with Crippen LogP contribution in [0, 0.1) is 17.5 Å². The predicted molar refractivity (Wildman–Crippen MR) is 98.7 cm³/mol. The van der Waals surface area contributed by atoms with Crippen LogP contribution in [0.2, 0.25) is 0 Å². The summed E-state index contributed by atoms with van der Waals surface area (Å²) in [5.41, 5.74) is 1.52. The number of nitrogens with one attached hydrogen (secondary N) is 1. The van der Waals surface area contributed by atoms with Gasteiger partial charge in [0.25, 0.3) is 0 Å². The fourth-order valence-corrected chi connectivity index (χ4v) is 2.62. The van der Waals surface area contributed by atoms with Crippen LogP contribution in [0.3, 0.4) is 0 Å². The molecule has 4 nitrogen and oxygen atoms in total. The second-order valence-corrected chi connectivity index (χ2v) is 5.99. The molecule has 0 aromatic heterocycles. The Labute approximate surface area is 159 Å². The van der Waals surface area contributed by atoms with Crippen molar-refractivity contribution < 1.29 is 27.8 Å². The molecule has 0 heterocycles. The number of ether oxygens (including phenoxy) is 1. The Bertz CT molecular complexity index is 1010. The number of carboxylic acids is 1. The lowest BCUT2D eigenvalue weighted by atomic mass is 10.0. The summed E-state index contributed by atoms with van der Waals surface area (Å²) in [6.45, 7) is -0.594. The largest absolute Gasteiger partial charge is 0.482 e. The number of anilines is 1. The third kappa shape index (κ3) is 4.82. The molecule has 0 amide bonds. The molecule has 3 aromatic rings. The van der Waals surface area contributed by atoms with Gasteiger partial charge in [-0.1, -0.05) is 18.2 Å². The Morgan fingerprint density at radius 3 is 2.43 bits per heavy atom. The van der Waals surface area contributed by atoms with Gasteiger partial charge >= 0.3 is 5.97 Å². The molecule has 2 N–H and O–H groups in total. The van der Waals surface area contributed by atoms with Crippen molar-refractivity contribution in [1.82, 2.24) is 0 Å². The lowest BCUT2D eigenvalue weighted by Gasteiger charge is -2.12. The van der Waals surface area contributed by atoms with Crippen LogP contribution in [0.1, 0.15) is 5.56 Å². The molecule has 0 fully saturated rings. The molecule has 0 aliphatic rings. The van der Waals surface area contributed by atoms with E-state index in [0.29, 0.717) is 11.1 Å². The van der Waals surface area contributed by atoms with E-state index in [9.17, 15) is 18.0 Å². The van der Waals surface area contributed by atoms with Gasteiger partial charge in [0.15, 0.2) is 6.61 Å². The van der Waals surface area contributed by atoms with Crippen molar-refractivity contribution in [2.24, 2.45) is 0 Å². The van der Waals surface area contributed by atoms with Crippen LogP contribution >= 0.6 is 0 Å². The maximum Gasteiger partial charge on any atom is 0.341 e. The average Bonchev–Trinajstić information content (AvgIpc) is 2.67. The van der Waals surface area contributed by atoms with E-state index >= 15 is 0 Å². The number of aliphatic carboxylic acids is 1. The van der Waals surface area contributed by atoms with Gasteiger partial charge in [0.1, 0.15) is 23.2 Å². The average molecular weight is 387 g/mol. The number of rotatable bonds is 7. The van der Waals surface area contributed by atoms with E-state index in [1.165, 1.54) is 36.4 Å². The number of carbonyl (C=O) groups is 1. The van der Waals surface area contributed by atoms with Crippen LogP contribution in [0.15, 0.2) is 60.7 Å². The summed E-state index contributed by atoms with van der Waals surface area (Å²) in [5.74, 6) is -2.48. The quantitative estimate of drug-likeness (QED) is 0.609. The van der Waals surface area contributed by atoms with E-state index in [1.54, 1.807) is 18.2 Å². The molecule has 0 saturated heterocycles. The highest BCUT2D eigenvalue weighted by Gasteiger charge is 2.09. The highest BCUT2D eigenvalue weighted by atomic mass is 19.1. The molecule has 7 heteroatoms. The van der Waals surface area contributed by atoms with Crippen molar-refractivity contribution >= 4 is 11.7 Å². The maximum atomic E-state index is 14.2. The zero-order valence-electron chi connectivity index (χ0n) is 14.6. The molecule has 0 atom stereocenters. The normalized spacial score (nSPS) is 10.5. The number of benzene rings is 3. The molecule has 3 aromatic carbocycles. The van der Waals surface area contributed by atoms with Crippen LogP contribution in [-0.4, -0.2) is 17.7 Å². The fourth-order valence-electron chi connectivity index (χ4n) is 2.62. The first-order chi connectivity index (χ1) is 13.4. The zero-order chi connectivity index (χ0) is 20.1. The number of halogens is 3. The van der Waals surface area contributed by atoms with Crippen LogP contribution < -0.4 is 10.1 Å². The molecular formula is C21H16F3NO3. The minimum Gasteiger partial charge on any atom is -0.482 e. The maximum absolute atomic E-state index is 14.2. The van der Waals surface area contributed by atoms with Gasteiger partial charge < -0.3 is 15.2 Å². The summed E-state index contributed by atoms with van der Waals surface area (Å²) in [4.78, 5) is 10.6. The molecule has 28 heavy (non-hydrogen) atoms. The van der Waals surface area contributed by atoms with Crippen LogP contribution in [-0.2, 0) is 11.3 Å². The zero-order valence-corrected chi connectivity index (χ0v) is 14.6. The van der Waals surface area contributed by atoms with Crippen LogP contribution in [0.25, 0.3) is 11.1 Å². The lowest BCUT2D eigenvalue weighted by Crippen LogP contribution is -2.10. The summed E-state index contributed by atoms with van der Waals surface area (Å²) in [5, 5.41) is 11.4. The van der Waals surface area contributed by atoms with E-state index in [-0.39, 0.29) is 23.5 Å². The topological polar surface area (TPSA) is 58.6 Å². The third-order valence-corrected chi connectivity index (χ3v) is 3.97. The van der Waals surface area contributed by atoms with Gasteiger partial charge in [-0.2, -0.15) is 0 Å². The Kier molecular flexibility index (Phi) is 5.84. The van der Waals surface area contributed by atoms with Crippen molar-refractivity contribution in [3.05, 3.63) is 83.7 Å². The predicted octanol–water partition coefficient (Wildman–Crippen LogP) is 4.85. The molecule has 144 valence electrons. The smallest absolute Gasteiger partial charge is 0.341 e. The van der Waals surface area contributed by atoms with Crippen molar-refractivity contribution in [2.75, 3.05) is 11.9 Å². The molecule has 0 aliphatic heterocycles. The SMILES string of the molecule is O=C(O)COc1ccc(F)c(NCc2cc(-c3cccc(F)c3)ccc2F)c1. The second-order valence-electron chi connectivity index (χ2n) is 5.99. The molecule has 0 radical (unpaired) electrons. The Balaban J connectivity index is 1.78. The molecule has 0 bridgehead atoms. The summed E-state index contributed by atoms with van der Waals surface area (Å²) in [7, 11) is 0. The Morgan fingerprint density at radius 2 is 1.68 bits per heavy atom. The van der Waals surface area contributed by atoms with E-state index in [0.717, 1.165) is 6.07 Å². The van der Waals surface area contributed by atoms with Crippen molar-refractivity contribution in [2.45, 2.75) is 6.54 Å². The summed E-state index contributed by atoms with van der Waals surface area (Å²) >= 11 is 0. The van der Waals surface area contributed by atoms with E-state index in [4.69, 9.17) is 9.84 Å². The third-order valence-electron chi connectivity index (χ3n) is 3.97. The lowest BCUT2D eigenvalue weighted by molar-refractivity contribution is -0.139. The summed E-state index contributed by atoms with van der Waals surface area (Å²) < 4.78 is 46.6. The van der Waals surface area contributed by atoms with Crippen molar-refractivity contribution in [1.29, 1.82) is 0 Å². The van der Waals surface area contributed by atoms with E-state index in [1.807, 2.05) is 0 Å². The molecule has 0 saturated carbocycles. The monoisotopic (exact) mass is 387 g/mol. The summed E-state index contributed by atoms with van der Waals surface area (Å²) in [6.07, 6.45) is 0. The second kappa shape index (κ2) is 8.47. The minimum absolute atomic E-state index is 0.0334. The van der Waals surface area contributed by atoms with Crippen LogP contribution in [0.5, 0.6) is 5.75 Å². The molecule has 0 unspecified atom stereocenters. The van der Waals surface area contributed by atoms with E-state index in [2.05, 4.69) is 5.32 Å². The first-order valence-electron chi connectivity index (χ1n) is 8.35. The molecule has 0 spiro atoms. The van der Waals surface area contributed by atoms with Crippen molar-refractivity contribution in [3.8, 4) is 16.9 Å². The first-order valence-corrected chi connectivity index (χ1v) is 8.35. The molecule has 3 rings (SSSR count). The Hall–Kier alpha value is -3.48. The van der Waals surface area contributed by atoms with Gasteiger partial charge in [-0.05, 0) is 47.5 Å². The number of hydrogen-bond acceptors (Lipinski definition) is 3. The van der Waals surface area contributed by atoms with Gasteiger partial charge in [-0.3, -0.25) is 0 Å².